The van der Waals surface area contributed by atoms with E-state index >= 15 is 0 Å². The quantitative estimate of drug-likeness (QED) is 0.173. The molecule has 1 fully saturated rings. The van der Waals surface area contributed by atoms with Crippen LogP contribution in [0.3, 0.4) is 0 Å². The monoisotopic (exact) mass is 638 g/mol. The molecule has 1 saturated heterocycles. The molecular weight excluding hydrogens is 592 g/mol. The Labute approximate surface area is 271 Å². The third-order valence-electron chi connectivity index (χ3n) is 6.81. The Balaban J connectivity index is 1.92. The molecule has 12 nitrogen and oxygen atoms in total. The number of esters is 2. The second-order valence-corrected chi connectivity index (χ2v) is 13.0. The number of benzene rings is 2. The van der Waals surface area contributed by atoms with E-state index in [4.69, 9.17) is 18.9 Å². The van der Waals surface area contributed by atoms with Gasteiger partial charge < -0.3 is 23.8 Å². The van der Waals surface area contributed by atoms with Crippen LogP contribution in [0.25, 0.3) is 0 Å². The summed E-state index contributed by atoms with van der Waals surface area (Å²) in [6.45, 7) is 13.5. The number of guanidine groups is 1. The van der Waals surface area contributed by atoms with Gasteiger partial charge in [-0.15, -0.1) is 4.99 Å². The van der Waals surface area contributed by atoms with E-state index in [1.54, 1.807) is 77.9 Å². The van der Waals surface area contributed by atoms with Crippen LogP contribution in [0.15, 0.2) is 53.5 Å². The molecule has 0 N–H and O–H groups in total. The van der Waals surface area contributed by atoms with Gasteiger partial charge in [0.15, 0.2) is 0 Å². The number of hydrogen-bond donors (Lipinski definition) is 0. The van der Waals surface area contributed by atoms with Crippen LogP contribution in [0.2, 0.25) is 0 Å². The first-order chi connectivity index (χ1) is 21.6. The molecule has 1 aliphatic heterocycles. The average Bonchev–Trinajstić information content (AvgIpc) is 3.22. The van der Waals surface area contributed by atoms with E-state index in [1.807, 2.05) is 17.0 Å². The number of carbonyl (C=O) groups is 4. The van der Waals surface area contributed by atoms with Gasteiger partial charge >= 0.3 is 24.1 Å². The van der Waals surface area contributed by atoms with E-state index in [9.17, 15) is 19.2 Å². The normalized spacial score (nSPS) is 14.6. The van der Waals surface area contributed by atoms with E-state index in [-0.39, 0.29) is 18.5 Å². The van der Waals surface area contributed by atoms with Crippen LogP contribution in [0.5, 0.6) is 0 Å². The zero-order valence-corrected chi connectivity index (χ0v) is 28.1. The zero-order chi connectivity index (χ0) is 34.1. The summed E-state index contributed by atoms with van der Waals surface area (Å²) in [4.78, 5) is 60.5. The summed E-state index contributed by atoms with van der Waals surface area (Å²) in [7, 11) is 2.66. The van der Waals surface area contributed by atoms with Gasteiger partial charge in [-0.05, 0) is 83.4 Å². The predicted molar refractivity (Wildman–Crippen MR) is 172 cm³/mol. The van der Waals surface area contributed by atoms with E-state index < -0.39 is 29.4 Å². The average molecular weight is 639 g/mol. The molecule has 0 saturated carbocycles. The van der Waals surface area contributed by atoms with Gasteiger partial charge in [-0.25, -0.2) is 24.1 Å². The minimum absolute atomic E-state index is 0.0186. The maximum atomic E-state index is 13.8. The van der Waals surface area contributed by atoms with Crippen LogP contribution in [-0.2, 0) is 32.0 Å². The zero-order valence-electron chi connectivity index (χ0n) is 28.1. The molecular formula is C34H46N4O8. The van der Waals surface area contributed by atoms with Crippen molar-refractivity contribution in [1.82, 2.24) is 14.7 Å². The summed E-state index contributed by atoms with van der Waals surface area (Å²) in [5, 5.41) is 0. The Morgan fingerprint density at radius 2 is 1.24 bits per heavy atom. The molecule has 2 amide bonds. The molecule has 0 aromatic heterocycles. The lowest BCUT2D eigenvalue weighted by Crippen LogP contribution is -2.50. The van der Waals surface area contributed by atoms with Crippen molar-refractivity contribution in [2.75, 3.05) is 40.4 Å². The summed E-state index contributed by atoms with van der Waals surface area (Å²) in [5.74, 6) is -0.746. The van der Waals surface area contributed by atoms with Crippen molar-refractivity contribution in [2.45, 2.75) is 72.3 Å². The highest BCUT2D eigenvalue weighted by Crippen LogP contribution is 2.19. The molecule has 0 radical (unpaired) electrons. The Morgan fingerprint density at radius 1 is 0.717 bits per heavy atom. The second kappa shape index (κ2) is 15.7. The molecule has 1 aliphatic rings. The van der Waals surface area contributed by atoms with Gasteiger partial charge in [0.05, 0.1) is 31.9 Å². The first kappa shape index (κ1) is 36.0. The highest BCUT2D eigenvalue weighted by Gasteiger charge is 2.32. The fourth-order valence-electron chi connectivity index (χ4n) is 4.70. The Bertz CT molecular complexity index is 1390. The van der Waals surface area contributed by atoms with Gasteiger partial charge in [0.25, 0.3) is 0 Å². The molecule has 0 spiro atoms. The molecule has 2 aromatic rings. The van der Waals surface area contributed by atoms with Crippen molar-refractivity contribution < 1.29 is 38.1 Å². The molecule has 3 rings (SSSR count). The number of methoxy groups -OCH3 is 2. The summed E-state index contributed by atoms with van der Waals surface area (Å²) < 4.78 is 20.9. The topological polar surface area (TPSA) is 127 Å². The smallest absolute Gasteiger partial charge is 0.437 e. The third-order valence-corrected chi connectivity index (χ3v) is 6.81. The van der Waals surface area contributed by atoms with Crippen molar-refractivity contribution in [3.8, 4) is 0 Å². The van der Waals surface area contributed by atoms with Crippen molar-refractivity contribution in [2.24, 2.45) is 4.99 Å². The Morgan fingerprint density at radius 3 is 1.74 bits per heavy atom. The fourth-order valence-corrected chi connectivity index (χ4v) is 4.70. The van der Waals surface area contributed by atoms with E-state index in [0.29, 0.717) is 42.9 Å². The third kappa shape index (κ3) is 11.2. The lowest BCUT2D eigenvalue weighted by atomic mass is 10.1. The van der Waals surface area contributed by atoms with Crippen molar-refractivity contribution in [3.63, 3.8) is 0 Å². The number of amides is 2. The molecule has 46 heavy (non-hydrogen) atoms. The van der Waals surface area contributed by atoms with Gasteiger partial charge in [-0.1, -0.05) is 24.3 Å². The fraction of sp³-hybridized carbons (Fsp3) is 0.500. The highest BCUT2D eigenvalue weighted by molar-refractivity contribution is 5.99. The van der Waals surface area contributed by atoms with Crippen LogP contribution in [0, 0.1) is 0 Å². The number of nitrogens with zero attached hydrogens (tertiary/aromatic N) is 4. The van der Waals surface area contributed by atoms with Crippen LogP contribution < -0.4 is 0 Å². The number of aliphatic imine (C=N–C) groups is 1. The van der Waals surface area contributed by atoms with Crippen molar-refractivity contribution in [1.29, 1.82) is 0 Å². The number of ether oxygens (including phenoxy) is 4. The maximum absolute atomic E-state index is 13.8. The first-order valence-electron chi connectivity index (χ1n) is 15.2. The molecule has 0 bridgehead atoms. The molecule has 0 unspecified atom stereocenters. The van der Waals surface area contributed by atoms with Crippen molar-refractivity contribution in [3.05, 3.63) is 70.8 Å². The molecule has 2 aromatic carbocycles. The lowest BCUT2D eigenvalue weighted by molar-refractivity contribution is 0.0334. The molecule has 0 aliphatic carbocycles. The predicted octanol–water partition coefficient (Wildman–Crippen LogP) is 5.50. The summed E-state index contributed by atoms with van der Waals surface area (Å²) in [5.41, 5.74) is 0.950. The van der Waals surface area contributed by atoms with Crippen LogP contribution in [0.1, 0.15) is 79.8 Å². The van der Waals surface area contributed by atoms with Crippen LogP contribution in [0.4, 0.5) is 9.59 Å². The van der Waals surface area contributed by atoms with Gasteiger partial charge in [0.1, 0.15) is 11.2 Å². The minimum atomic E-state index is -0.830. The van der Waals surface area contributed by atoms with Gasteiger partial charge in [0.2, 0.25) is 5.96 Å². The molecule has 12 heteroatoms. The highest BCUT2D eigenvalue weighted by atomic mass is 16.6. The minimum Gasteiger partial charge on any atom is -0.465 e. The molecule has 0 atom stereocenters. The summed E-state index contributed by atoms with van der Waals surface area (Å²) >= 11 is 0. The molecule has 1 heterocycles. The van der Waals surface area contributed by atoms with Crippen molar-refractivity contribution >= 4 is 30.1 Å². The summed E-state index contributed by atoms with van der Waals surface area (Å²) in [6.07, 6.45) is -0.786. The lowest BCUT2D eigenvalue weighted by Gasteiger charge is -2.34. The SMILES string of the molecule is COC(=O)c1ccc(CN2CCCN(/C(=N\C(=O)OC(C)(C)C)N(Cc3ccc(C(=O)OC)cc3)C(=O)OC(C)(C)C)CC2)cc1. The Kier molecular flexibility index (Phi) is 12.3. The second-order valence-electron chi connectivity index (χ2n) is 13.0. The first-order valence-corrected chi connectivity index (χ1v) is 15.2. The van der Waals surface area contributed by atoms with Gasteiger partial charge in [-0.3, -0.25) is 4.90 Å². The largest absolute Gasteiger partial charge is 0.465 e. The van der Waals surface area contributed by atoms with E-state index in [2.05, 4.69) is 9.89 Å². The molecule has 250 valence electrons. The number of rotatable bonds is 6. The standard InChI is InChI=1S/C34H46N4O8/c1-33(2,3)45-31(41)35-30(37-19-9-18-36(20-21-37)22-24-10-14-26(15-11-24)28(39)43-7)38(32(42)46-34(4,5)6)23-25-12-16-27(17-13-25)29(40)44-8/h10-17H,9,18-23H2,1-8H3/b35-30+. The number of hydrogen-bond acceptors (Lipinski definition) is 9. The van der Waals surface area contributed by atoms with Gasteiger partial charge in [0, 0.05) is 32.7 Å². The van der Waals surface area contributed by atoms with Crippen LogP contribution in [-0.4, -0.2) is 96.4 Å². The van der Waals surface area contributed by atoms with E-state index in [1.165, 1.54) is 19.1 Å². The maximum Gasteiger partial charge on any atom is 0.437 e. The van der Waals surface area contributed by atoms with E-state index in [0.717, 1.165) is 18.5 Å². The number of carbonyl (C=O) groups excluding carboxylic acids is 4. The van der Waals surface area contributed by atoms with Gasteiger partial charge in [-0.2, -0.15) is 0 Å². The van der Waals surface area contributed by atoms with Crippen LogP contribution >= 0.6 is 0 Å². The Hall–Kier alpha value is -4.45. The summed E-state index contributed by atoms with van der Waals surface area (Å²) in [6, 6.07) is 13.9.